The SMILES string of the molecule is Fc1nn(-c2c(F)c(F)c(-c3c(F)c(F)c(-n4nc(C(F)(F)C(F)(F)F)c(C(F)(F)F)c4F)c(F)c3F)c(F)c2F)c(C(F)(F)C(F)(F)F)c1C(F)(F)F. The molecular weight excluding hydrogens is 838 g/mol. The Kier molecular flexibility index (Phi) is 9.50. The number of hydrogen-bond acceptors (Lipinski definition) is 2. The monoisotopic (exact) mass is 838 g/mol. The maximum atomic E-state index is 15.1. The van der Waals surface area contributed by atoms with Crippen molar-refractivity contribution in [1.29, 1.82) is 0 Å². The first-order valence-electron chi connectivity index (χ1n) is 12.4. The molecule has 0 aliphatic carbocycles. The Bertz CT molecular complexity index is 2120. The molecule has 0 amide bonds. The summed E-state index contributed by atoms with van der Waals surface area (Å²) in [4.78, 5) is 0. The molecule has 0 saturated heterocycles. The second kappa shape index (κ2) is 12.3. The van der Waals surface area contributed by atoms with Crippen LogP contribution in [0.15, 0.2) is 0 Å². The van der Waals surface area contributed by atoms with Crippen molar-refractivity contribution in [2.24, 2.45) is 0 Å². The first kappa shape index (κ1) is 41.8. The number of aromatic nitrogens is 4. The predicted molar refractivity (Wildman–Crippen MR) is 116 cm³/mol. The van der Waals surface area contributed by atoms with Gasteiger partial charge >= 0.3 is 36.6 Å². The number of hydrogen-bond donors (Lipinski definition) is 0. The van der Waals surface area contributed by atoms with Crippen LogP contribution in [0.5, 0.6) is 0 Å². The third-order valence-electron chi connectivity index (χ3n) is 6.70. The van der Waals surface area contributed by atoms with E-state index < -0.39 is 149 Å². The second-order valence-corrected chi connectivity index (χ2v) is 9.95. The minimum atomic E-state index is -7.28. The highest BCUT2D eigenvalue weighted by molar-refractivity contribution is 5.70. The highest BCUT2D eigenvalue weighted by atomic mass is 19.4. The van der Waals surface area contributed by atoms with E-state index in [9.17, 15) is 79.0 Å². The fourth-order valence-corrected chi connectivity index (χ4v) is 4.43. The summed E-state index contributed by atoms with van der Waals surface area (Å²) in [5, 5.41) is 3.41. The first-order valence-corrected chi connectivity index (χ1v) is 12.4. The summed E-state index contributed by atoms with van der Waals surface area (Å²) in [6.07, 6.45) is -27.8. The van der Waals surface area contributed by atoms with Crippen LogP contribution in [0.1, 0.15) is 22.5 Å². The van der Waals surface area contributed by atoms with Crippen LogP contribution < -0.4 is 0 Å². The smallest absolute Gasteiger partial charge is 0.221 e. The summed E-state index contributed by atoms with van der Waals surface area (Å²) >= 11 is 0. The number of halogens is 26. The van der Waals surface area contributed by atoms with Gasteiger partial charge in [0.2, 0.25) is 11.9 Å². The van der Waals surface area contributed by atoms with Crippen LogP contribution in [0, 0.1) is 58.4 Å². The third-order valence-corrected chi connectivity index (χ3v) is 6.70. The molecule has 2 aromatic heterocycles. The average molecular weight is 838 g/mol. The van der Waals surface area contributed by atoms with E-state index in [0.29, 0.717) is 0 Å². The Morgan fingerprint density at radius 1 is 0.370 bits per heavy atom. The van der Waals surface area contributed by atoms with Crippen molar-refractivity contribution in [2.45, 2.75) is 36.6 Å². The van der Waals surface area contributed by atoms with E-state index in [0.717, 1.165) is 0 Å². The van der Waals surface area contributed by atoms with E-state index in [2.05, 4.69) is 0 Å². The van der Waals surface area contributed by atoms with E-state index in [1.54, 1.807) is 10.2 Å². The Labute approximate surface area is 274 Å². The largest absolute Gasteiger partial charge is 0.459 e. The molecule has 0 radical (unpaired) electrons. The molecule has 2 aromatic carbocycles. The van der Waals surface area contributed by atoms with Crippen LogP contribution in [0.4, 0.5) is 114 Å². The van der Waals surface area contributed by atoms with Gasteiger partial charge in [0.15, 0.2) is 52.2 Å². The van der Waals surface area contributed by atoms with Crippen LogP contribution >= 0.6 is 0 Å². The number of nitrogens with zero attached hydrogens (tertiary/aromatic N) is 4. The Morgan fingerprint density at radius 2 is 0.704 bits per heavy atom. The zero-order chi connectivity index (χ0) is 42.0. The molecule has 4 rings (SSSR count). The predicted octanol–water partition coefficient (Wildman–Crippen LogP) is 10.5. The Hall–Kier alpha value is -4.96. The van der Waals surface area contributed by atoms with E-state index in [1.165, 1.54) is 0 Å². The quantitative estimate of drug-likeness (QED) is 0.148. The summed E-state index contributed by atoms with van der Waals surface area (Å²) in [5.41, 5.74) is -28.2. The molecular formula is C24F26N4. The molecule has 0 unspecified atom stereocenters. The normalized spacial score (nSPS) is 13.7. The minimum Gasteiger partial charge on any atom is -0.221 e. The first-order chi connectivity index (χ1) is 24.1. The van der Waals surface area contributed by atoms with Gasteiger partial charge in [-0.1, -0.05) is 0 Å². The van der Waals surface area contributed by atoms with Crippen LogP contribution in [-0.4, -0.2) is 31.9 Å². The van der Waals surface area contributed by atoms with Gasteiger partial charge in [-0.3, -0.25) is 0 Å². The summed E-state index contributed by atoms with van der Waals surface area (Å²) in [7, 11) is 0. The van der Waals surface area contributed by atoms with E-state index in [-0.39, 0.29) is 0 Å². The topological polar surface area (TPSA) is 35.6 Å². The van der Waals surface area contributed by atoms with Crippen LogP contribution in [-0.2, 0) is 24.2 Å². The van der Waals surface area contributed by atoms with Gasteiger partial charge in [0, 0.05) is 0 Å². The summed E-state index contributed by atoms with van der Waals surface area (Å²) in [5.74, 6) is -50.2. The maximum Gasteiger partial charge on any atom is 0.459 e. The molecule has 54 heavy (non-hydrogen) atoms. The van der Waals surface area contributed by atoms with E-state index in [4.69, 9.17) is 0 Å². The molecule has 4 nitrogen and oxygen atoms in total. The average Bonchev–Trinajstić information content (AvgIpc) is 3.53. The molecule has 0 N–H and O–H groups in total. The lowest BCUT2D eigenvalue weighted by Gasteiger charge is -2.23. The van der Waals surface area contributed by atoms with Gasteiger partial charge < -0.3 is 0 Å². The lowest BCUT2D eigenvalue weighted by Crippen LogP contribution is -2.38. The molecule has 0 spiro atoms. The zero-order valence-corrected chi connectivity index (χ0v) is 23.6. The summed E-state index contributed by atoms with van der Waals surface area (Å²) in [6.45, 7) is 0. The van der Waals surface area contributed by atoms with Gasteiger partial charge in [-0.25, -0.2) is 39.8 Å². The highest BCUT2D eigenvalue weighted by Crippen LogP contribution is 2.52. The van der Waals surface area contributed by atoms with Crippen LogP contribution in [0.25, 0.3) is 22.5 Å². The van der Waals surface area contributed by atoms with Crippen molar-refractivity contribution < 1.29 is 114 Å². The molecule has 0 aliphatic rings. The van der Waals surface area contributed by atoms with Gasteiger partial charge in [0.05, 0.1) is 11.1 Å². The Balaban J connectivity index is 2.11. The minimum absolute atomic E-state index is 1.68. The maximum absolute atomic E-state index is 15.1. The second-order valence-electron chi connectivity index (χ2n) is 9.95. The van der Waals surface area contributed by atoms with E-state index >= 15 is 35.1 Å². The zero-order valence-electron chi connectivity index (χ0n) is 23.6. The molecule has 0 bridgehead atoms. The van der Waals surface area contributed by atoms with Crippen molar-refractivity contribution in [3.63, 3.8) is 0 Å². The number of alkyl halides is 16. The van der Waals surface area contributed by atoms with Gasteiger partial charge in [-0.05, 0) is 0 Å². The lowest BCUT2D eigenvalue weighted by molar-refractivity contribution is -0.293. The van der Waals surface area contributed by atoms with Crippen LogP contribution in [0.3, 0.4) is 0 Å². The molecule has 30 heteroatoms. The number of benzene rings is 2. The van der Waals surface area contributed by atoms with Gasteiger partial charge in [0.25, 0.3) is 0 Å². The molecule has 298 valence electrons. The molecule has 0 aliphatic heterocycles. The summed E-state index contributed by atoms with van der Waals surface area (Å²) < 4.78 is 358. The highest BCUT2D eigenvalue weighted by Gasteiger charge is 2.66. The van der Waals surface area contributed by atoms with Gasteiger partial charge in [-0.15, -0.1) is 5.10 Å². The fourth-order valence-electron chi connectivity index (χ4n) is 4.43. The van der Waals surface area contributed by atoms with Crippen molar-refractivity contribution in [2.75, 3.05) is 0 Å². The molecule has 0 saturated carbocycles. The van der Waals surface area contributed by atoms with Crippen molar-refractivity contribution in [3.05, 3.63) is 80.9 Å². The van der Waals surface area contributed by atoms with Gasteiger partial charge in [0.1, 0.15) is 28.2 Å². The third kappa shape index (κ3) is 5.99. The Morgan fingerprint density at radius 3 is 1.02 bits per heavy atom. The number of rotatable bonds is 5. The molecule has 0 atom stereocenters. The van der Waals surface area contributed by atoms with Gasteiger partial charge in [-0.2, -0.15) is 88.8 Å². The summed E-state index contributed by atoms with van der Waals surface area (Å²) in [6, 6.07) is 0. The fraction of sp³-hybridized carbons (Fsp3) is 0.250. The lowest BCUT2D eigenvalue weighted by atomic mass is 9.99. The molecule has 2 heterocycles. The van der Waals surface area contributed by atoms with Crippen molar-refractivity contribution in [1.82, 2.24) is 19.6 Å². The van der Waals surface area contributed by atoms with Crippen molar-refractivity contribution in [3.8, 4) is 22.5 Å². The van der Waals surface area contributed by atoms with E-state index in [1.807, 2.05) is 0 Å². The molecule has 4 aromatic rings. The standard InChI is InChI=1S/C24F26N4/c25-5-1(6(26)10(30)13(9(5)29)53-16(20(37,38)24(48,49)50)4(17(33)52-53)22(42,43)44)2-7(27)11(31)14(12(32)8(2)28)54-18(34)3(21(39,40)41)15(51-54)19(35,36)23(45,46)47. The van der Waals surface area contributed by atoms with Crippen molar-refractivity contribution >= 4 is 0 Å². The van der Waals surface area contributed by atoms with Crippen LogP contribution in [0.2, 0.25) is 0 Å². The molecule has 0 fully saturated rings.